The molecule has 1 amide bonds. The summed E-state index contributed by atoms with van der Waals surface area (Å²) in [6, 6.07) is 16.3. The molecule has 0 unspecified atom stereocenters. The van der Waals surface area contributed by atoms with Crippen LogP contribution in [0.5, 0.6) is 0 Å². The standard InChI is InChI=1S/C24H23ClN4O/c25-15-5-10-19-22(11-12-26-23(19)13-15)28-16-6-8-17(9-7-16)29-24(30)20-14-27-21-4-2-1-3-18(20)21/h1-5,10-14,16-17,27H,6-9H2,(H,26,28)(H,29,30)/t16-,17+. The summed E-state index contributed by atoms with van der Waals surface area (Å²) in [5.74, 6) is 0.000802. The lowest BCUT2D eigenvalue weighted by Crippen LogP contribution is -2.40. The third kappa shape index (κ3) is 3.73. The van der Waals surface area contributed by atoms with Crippen molar-refractivity contribution in [3.63, 3.8) is 0 Å². The van der Waals surface area contributed by atoms with E-state index in [0.717, 1.165) is 53.2 Å². The molecule has 0 radical (unpaired) electrons. The summed E-state index contributed by atoms with van der Waals surface area (Å²) >= 11 is 6.09. The van der Waals surface area contributed by atoms with Gasteiger partial charge in [-0.25, -0.2) is 0 Å². The van der Waals surface area contributed by atoms with Gasteiger partial charge < -0.3 is 15.6 Å². The summed E-state index contributed by atoms with van der Waals surface area (Å²) < 4.78 is 0. The van der Waals surface area contributed by atoms with Gasteiger partial charge in [-0.05, 0) is 56.0 Å². The van der Waals surface area contributed by atoms with Gasteiger partial charge in [-0.3, -0.25) is 9.78 Å². The van der Waals surface area contributed by atoms with E-state index in [-0.39, 0.29) is 11.9 Å². The second kappa shape index (κ2) is 8.00. The number of hydrogen-bond acceptors (Lipinski definition) is 3. The van der Waals surface area contributed by atoms with E-state index in [4.69, 9.17) is 11.6 Å². The molecule has 3 N–H and O–H groups in total. The fourth-order valence-corrected chi connectivity index (χ4v) is 4.54. The molecule has 0 bridgehead atoms. The van der Waals surface area contributed by atoms with Gasteiger partial charge in [-0.2, -0.15) is 0 Å². The molecule has 1 fully saturated rings. The molecule has 2 heterocycles. The number of H-pyrrole nitrogens is 1. The highest BCUT2D eigenvalue weighted by Crippen LogP contribution is 2.28. The van der Waals surface area contributed by atoms with Crippen molar-refractivity contribution < 1.29 is 4.79 Å². The van der Waals surface area contributed by atoms with Crippen LogP contribution in [0.1, 0.15) is 36.0 Å². The highest BCUT2D eigenvalue weighted by Gasteiger charge is 2.24. The minimum absolute atomic E-state index is 0.000802. The van der Waals surface area contributed by atoms with Crippen molar-refractivity contribution in [2.24, 2.45) is 0 Å². The maximum atomic E-state index is 12.8. The molecule has 1 aliphatic carbocycles. The topological polar surface area (TPSA) is 69.8 Å². The van der Waals surface area contributed by atoms with Gasteiger partial charge in [0.15, 0.2) is 0 Å². The van der Waals surface area contributed by atoms with Gasteiger partial charge in [0.2, 0.25) is 0 Å². The van der Waals surface area contributed by atoms with Crippen molar-refractivity contribution in [3.8, 4) is 0 Å². The fraction of sp³-hybridized carbons (Fsp3) is 0.250. The van der Waals surface area contributed by atoms with E-state index < -0.39 is 0 Å². The molecule has 5 rings (SSSR count). The number of para-hydroxylation sites is 1. The molecule has 1 aliphatic rings. The minimum Gasteiger partial charge on any atom is -0.382 e. The molecule has 0 saturated heterocycles. The first kappa shape index (κ1) is 18.9. The van der Waals surface area contributed by atoms with Crippen molar-refractivity contribution in [1.82, 2.24) is 15.3 Å². The Labute approximate surface area is 179 Å². The number of amides is 1. The molecule has 0 spiro atoms. The van der Waals surface area contributed by atoms with Crippen LogP contribution in [0.2, 0.25) is 5.02 Å². The highest BCUT2D eigenvalue weighted by atomic mass is 35.5. The summed E-state index contributed by atoms with van der Waals surface area (Å²) in [7, 11) is 0. The second-order valence-electron chi connectivity index (χ2n) is 7.93. The molecule has 152 valence electrons. The summed E-state index contributed by atoms with van der Waals surface area (Å²) in [5, 5.41) is 9.63. The van der Waals surface area contributed by atoms with Gasteiger partial charge in [0.05, 0.1) is 11.1 Å². The van der Waals surface area contributed by atoms with E-state index in [0.29, 0.717) is 16.6 Å². The van der Waals surface area contributed by atoms with Crippen molar-refractivity contribution in [2.75, 3.05) is 5.32 Å². The minimum atomic E-state index is 0.000802. The molecular formula is C24H23ClN4O. The molecule has 6 heteroatoms. The first-order valence-corrected chi connectivity index (χ1v) is 10.7. The Hall–Kier alpha value is -3.05. The van der Waals surface area contributed by atoms with Crippen molar-refractivity contribution in [3.05, 3.63) is 71.5 Å². The largest absolute Gasteiger partial charge is 0.382 e. The number of carbonyl (C=O) groups excluding carboxylic acids is 1. The van der Waals surface area contributed by atoms with E-state index in [1.54, 1.807) is 6.20 Å². The Bertz CT molecular complexity index is 1210. The number of carbonyl (C=O) groups is 1. The maximum Gasteiger partial charge on any atom is 0.253 e. The Balaban J connectivity index is 1.21. The molecule has 5 nitrogen and oxygen atoms in total. The number of fused-ring (bicyclic) bond motifs is 2. The first-order chi connectivity index (χ1) is 14.7. The zero-order valence-corrected chi connectivity index (χ0v) is 17.2. The number of pyridine rings is 1. The quantitative estimate of drug-likeness (QED) is 0.408. The van der Waals surface area contributed by atoms with Crippen LogP contribution in [0.3, 0.4) is 0 Å². The summed E-state index contributed by atoms with van der Waals surface area (Å²) in [5.41, 5.74) is 3.68. The van der Waals surface area contributed by atoms with Gasteiger partial charge in [0.25, 0.3) is 5.91 Å². The Morgan fingerprint density at radius 2 is 1.80 bits per heavy atom. The van der Waals surface area contributed by atoms with E-state index in [9.17, 15) is 4.79 Å². The molecule has 0 atom stereocenters. The predicted molar refractivity (Wildman–Crippen MR) is 122 cm³/mol. The third-order valence-electron chi connectivity index (χ3n) is 5.96. The number of aromatic amines is 1. The highest BCUT2D eigenvalue weighted by molar-refractivity contribution is 6.31. The Morgan fingerprint density at radius 3 is 2.67 bits per heavy atom. The van der Waals surface area contributed by atoms with Crippen LogP contribution < -0.4 is 10.6 Å². The number of halogens is 1. The van der Waals surface area contributed by atoms with Crippen LogP contribution in [0.15, 0.2) is 60.9 Å². The first-order valence-electron chi connectivity index (χ1n) is 10.3. The van der Waals surface area contributed by atoms with Crippen LogP contribution in [0, 0.1) is 0 Å². The molecule has 0 aliphatic heterocycles. The summed E-state index contributed by atoms with van der Waals surface area (Å²) in [6.45, 7) is 0. The van der Waals surface area contributed by atoms with Crippen LogP contribution in [0.25, 0.3) is 21.8 Å². The van der Waals surface area contributed by atoms with Crippen molar-refractivity contribution in [2.45, 2.75) is 37.8 Å². The maximum absolute atomic E-state index is 12.8. The molecule has 1 saturated carbocycles. The average molecular weight is 419 g/mol. The predicted octanol–water partition coefficient (Wildman–Crippen LogP) is 5.52. The molecule has 30 heavy (non-hydrogen) atoms. The number of nitrogens with one attached hydrogen (secondary N) is 3. The number of rotatable bonds is 4. The van der Waals surface area contributed by atoms with Gasteiger partial charge in [0.1, 0.15) is 0 Å². The van der Waals surface area contributed by atoms with Crippen LogP contribution in [-0.2, 0) is 0 Å². The van der Waals surface area contributed by atoms with Gasteiger partial charge in [0, 0.05) is 51.5 Å². The Morgan fingerprint density at radius 1 is 1.00 bits per heavy atom. The number of nitrogens with zero attached hydrogens (tertiary/aromatic N) is 1. The number of anilines is 1. The van der Waals surface area contributed by atoms with E-state index in [1.165, 1.54) is 0 Å². The molecule has 2 aromatic heterocycles. The van der Waals surface area contributed by atoms with Crippen LogP contribution in [0.4, 0.5) is 5.69 Å². The van der Waals surface area contributed by atoms with Gasteiger partial charge in [-0.15, -0.1) is 0 Å². The SMILES string of the molecule is O=C(N[C@H]1CC[C@@H](Nc2ccnc3cc(Cl)ccc23)CC1)c1c[nH]c2ccccc12. The lowest BCUT2D eigenvalue weighted by atomic mass is 9.90. The number of benzene rings is 2. The van der Waals surface area contributed by atoms with Gasteiger partial charge >= 0.3 is 0 Å². The molecular weight excluding hydrogens is 396 g/mol. The average Bonchev–Trinajstić information content (AvgIpc) is 3.19. The fourth-order valence-electron chi connectivity index (χ4n) is 4.37. The number of hydrogen-bond donors (Lipinski definition) is 3. The smallest absolute Gasteiger partial charge is 0.253 e. The molecule has 2 aromatic carbocycles. The van der Waals surface area contributed by atoms with E-state index in [2.05, 4.69) is 20.6 Å². The van der Waals surface area contributed by atoms with Crippen molar-refractivity contribution >= 4 is 45.0 Å². The summed E-state index contributed by atoms with van der Waals surface area (Å²) in [4.78, 5) is 20.4. The Kier molecular flexibility index (Phi) is 5.05. The van der Waals surface area contributed by atoms with Crippen LogP contribution in [-0.4, -0.2) is 28.0 Å². The lowest BCUT2D eigenvalue weighted by molar-refractivity contribution is 0.0928. The van der Waals surface area contributed by atoms with Crippen LogP contribution >= 0.6 is 11.6 Å². The van der Waals surface area contributed by atoms with Crippen molar-refractivity contribution in [1.29, 1.82) is 0 Å². The zero-order chi connectivity index (χ0) is 20.5. The zero-order valence-electron chi connectivity index (χ0n) is 16.5. The second-order valence-corrected chi connectivity index (χ2v) is 8.37. The molecule has 4 aromatic rings. The monoisotopic (exact) mass is 418 g/mol. The third-order valence-corrected chi connectivity index (χ3v) is 6.20. The van der Waals surface area contributed by atoms with Gasteiger partial charge in [-0.1, -0.05) is 29.8 Å². The van der Waals surface area contributed by atoms with E-state index >= 15 is 0 Å². The van der Waals surface area contributed by atoms with E-state index in [1.807, 2.05) is 54.7 Å². The lowest BCUT2D eigenvalue weighted by Gasteiger charge is -2.30. The summed E-state index contributed by atoms with van der Waals surface area (Å²) in [6.07, 6.45) is 7.55. The number of aromatic nitrogens is 2. The normalized spacial score (nSPS) is 19.1.